The van der Waals surface area contributed by atoms with Crippen LogP contribution in [0.5, 0.6) is 0 Å². The molecule has 0 fully saturated rings. The van der Waals surface area contributed by atoms with Crippen LogP contribution < -0.4 is 0 Å². The van der Waals surface area contributed by atoms with Crippen molar-refractivity contribution < 1.29 is 14.3 Å². The summed E-state index contributed by atoms with van der Waals surface area (Å²) < 4.78 is 10.0. The van der Waals surface area contributed by atoms with Crippen LogP contribution >= 0.6 is 0 Å². The first-order valence-electron chi connectivity index (χ1n) is 3.97. The Morgan fingerprint density at radius 3 is 2.55 bits per heavy atom. The molecule has 3 heteroatoms. The highest BCUT2D eigenvalue weighted by Crippen LogP contribution is 1.93. The Balaban J connectivity index is 3.29. The molecule has 1 atom stereocenters. The summed E-state index contributed by atoms with van der Waals surface area (Å²) in [5, 5.41) is 0. The first-order chi connectivity index (χ1) is 5.20. The lowest BCUT2D eigenvalue weighted by atomic mass is 10.4. The van der Waals surface area contributed by atoms with Gasteiger partial charge >= 0.3 is 5.97 Å². The van der Waals surface area contributed by atoms with Gasteiger partial charge in [0, 0.05) is 13.0 Å². The molecule has 0 rings (SSSR count). The lowest BCUT2D eigenvalue weighted by Crippen LogP contribution is -2.18. The zero-order valence-electron chi connectivity index (χ0n) is 7.42. The van der Waals surface area contributed by atoms with E-state index in [4.69, 9.17) is 9.47 Å². The van der Waals surface area contributed by atoms with E-state index in [1.54, 1.807) is 6.92 Å². The van der Waals surface area contributed by atoms with Gasteiger partial charge in [-0.3, -0.25) is 4.79 Å². The lowest BCUT2D eigenvalue weighted by molar-refractivity contribution is -0.147. The van der Waals surface area contributed by atoms with Crippen LogP contribution in [0, 0.1) is 0 Å². The van der Waals surface area contributed by atoms with Crippen LogP contribution in [0.15, 0.2) is 0 Å². The highest BCUT2D eigenvalue weighted by molar-refractivity contribution is 5.68. The van der Waals surface area contributed by atoms with E-state index in [1.807, 2.05) is 13.8 Å². The van der Waals surface area contributed by atoms with Gasteiger partial charge in [0.1, 0.15) is 6.61 Å². The number of hydrogen-bond acceptors (Lipinski definition) is 3. The largest absolute Gasteiger partial charge is 0.463 e. The highest BCUT2D eigenvalue weighted by atomic mass is 16.6. The average Bonchev–Trinajstić information content (AvgIpc) is 2.01. The number of carbonyl (C=O) groups is 1. The van der Waals surface area contributed by atoms with E-state index >= 15 is 0 Å². The van der Waals surface area contributed by atoms with Gasteiger partial charge in [-0.15, -0.1) is 0 Å². The number of rotatable bonds is 5. The van der Waals surface area contributed by atoms with Crippen LogP contribution in [-0.2, 0) is 14.3 Å². The normalized spacial score (nSPS) is 12.6. The standard InChI is InChI=1S/C8H16O3/c1-4-8(9)11-6-7(3)10-5-2/h7H,4-6H2,1-3H3. The molecule has 0 spiro atoms. The second-order valence-corrected chi connectivity index (χ2v) is 2.30. The summed E-state index contributed by atoms with van der Waals surface area (Å²) in [6.45, 7) is 6.59. The van der Waals surface area contributed by atoms with Gasteiger partial charge in [-0.05, 0) is 13.8 Å². The van der Waals surface area contributed by atoms with Gasteiger partial charge < -0.3 is 9.47 Å². The zero-order chi connectivity index (χ0) is 8.69. The van der Waals surface area contributed by atoms with Crippen molar-refractivity contribution in [3.63, 3.8) is 0 Å². The van der Waals surface area contributed by atoms with E-state index < -0.39 is 0 Å². The number of ether oxygens (including phenoxy) is 2. The minimum atomic E-state index is -0.170. The van der Waals surface area contributed by atoms with Gasteiger partial charge in [0.2, 0.25) is 0 Å². The monoisotopic (exact) mass is 160 g/mol. The molecule has 3 nitrogen and oxygen atoms in total. The summed E-state index contributed by atoms with van der Waals surface area (Å²) in [4.78, 5) is 10.6. The minimum Gasteiger partial charge on any atom is -0.463 e. The molecular formula is C8H16O3. The van der Waals surface area contributed by atoms with Crippen LogP contribution in [0.1, 0.15) is 27.2 Å². The van der Waals surface area contributed by atoms with Crippen molar-refractivity contribution in [1.29, 1.82) is 0 Å². The maximum Gasteiger partial charge on any atom is 0.305 e. The lowest BCUT2D eigenvalue weighted by Gasteiger charge is -2.10. The Labute approximate surface area is 67.7 Å². The van der Waals surface area contributed by atoms with Gasteiger partial charge in [-0.1, -0.05) is 6.92 Å². The molecule has 0 radical (unpaired) electrons. The van der Waals surface area contributed by atoms with Crippen molar-refractivity contribution in [2.45, 2.75) is 33.3 Å². The zero-order valence-corrected chi connectivity index (χ0v) is 7.42. The minimum absolute atomic E-state index is 0.00972. The molecule has 0 amide bonds. The average molecular weight is 160 g/mol. The second-order valence-electron chi connectivity index (χ2n) is 2.30. The SMILES string of the molecule is CCOC(C)COC(=O)CC. The number of carbonyl (C=O) groups excluding carboxylic acids is 1. The summed E-state index contributed by atoms with van der Waals surface area (Å²) in [7, 11) is 0. The maximum absolute atomic E-state index is 10.6. The van der Waals surface area contributed by atoms with Gasteiger partial charge in [0.05, 0.1) is 6.10 Å². The Kier molecular flexibility index (Phi) is 5.84. The van der Waals surface area contributed by atoms with Crippen LogP contribution in [0.2, 0.25) is 0 Å². The van der Waals surface area contributed by atoms with E-state index in [0.717, 1.165) is 0 Å². The molecule has 0 heterocycles. The highest BCUT2D eigenvalue weighted by Gasteiger charge is 2.03. The quantitative estimate of drug-likeness (QED) is 0.570. The summed E-state index contributed by atoms with van der Waals surface area (Å²) in [5.74, 6) is -0.170. The van der Waals surface area contributed by atoms with Crippen molar-refractivity contribution in [1.82, 2.24) is 0 Å². The maximum atomic E-state index is 10.6. The summed E-state index contributed by atoms with van der Waals surface area (Å²) in [5.41, 5.74) is 0. The van der Waals surface area contributed by atoms with Crippen LogP contribution in [0.25, 0.3) is 0 Å². The van der Waals surface area contributed by atoms with E-state index in [0.29, 0.717) is 19.6 Å². The predicted octanol–water partition coefficient (Wildman–Crippen LogP) is 1.36. The molecular weight excluding hydrogens is 144 g/mol. The molecule has 0 N–H and O–H groups in total. The van der Waals surface area contributed by atoms with Crippen molar-refractivity contribution in [2.24, 2.45) is 0 Å². The van der Waals surface area contributed by atoms with Gasteiger partial charge in [0.25, 0.3) is 0 Å². The van der Waals surface area contributed by atoms with Crippen molar-refractivity contribution in [3.8, 4) is 0 Å². The Hall–Kier alpha value is -0.570. The van der Waals surface area contributed by atoms with Crippen molar-refractivity contribution >= 4 is 5.97 Å². The predicted molar refractivity (Wildman–Crippen MR) is 42.3 cm³/mol. The molecule has 0 saturated carbocycles. The van der Waals surface area contributed by atoms with Crippen LogP contribution in [0.3, 0.4) is 0 Å². The number of esters is 1. The molecule has 0 aliphatic rings. The molecule has 1 unspecified atom stereocenters. The Bertz CT molecular complexity index is 112. The summed E-state index contributed by atoms with van der Waals surface area (Å²) in [6.07, 6.45) is 0.439. The second kappa shape index (κ2) is 6.16. The molecule has 0 saturated heterocycles. The Morgan fingerprint density at radius 2 is 2.09 bits per heavy atom. The first kappa shape index (κ1) is 10.4. The van der Waals surface area contributed by atoms with Gasteiger partial charge in [-0.2, -0.15) is 0 Å². The molecule has 0 aliphatic carbocycles. The molecule has 0 aliphatic heterocycles. The van der Waals surface area contributed by atoms with Crippen LogP contribution in [0.4, 0.5) is 0 Å². The molecule has 0 aromatic carbocycles. The topological polar surface area (TPSA) is 35.5 Å². The molecule has 11 heavy (non-hydrogen) atoms. The fourth-order valence-electron chi connectivity index (χ4n) is 0.645. The third kappa shape index (κ3) is 5.85. The molecule has 0 aromatic rings. The molecule has 66 valence electrons. The van der Waals surface area contributed by atoms with E-state index in [2.05, 4.69) is 0 Å². The number of hydrogen-bond donors (Lipinski definition) is 0. The smallest absolute Gasteiger partial charge is 0.305 e. The fourth-order valence-corrected chi connectivity index (χ4v) is 0.645. The van der Waals surface area contributed by atoms with E-state index in [9.17, 15) is 4.79 Å². The third-order valence-corrected chi connectivity index (χ3v) is 1.22. The molecule has 0 bridgehead atoms. The summed E-state index contributed by atoms with van der Waals surface area (Å²) in [6, 6.07) is 0. The van der Waals surface area contributed by atoms with Crippen molar-refractivity contribution in [2.75, 3.05) is 13.2 Å². The summed E-state index contributed by atoms with van der Waals surface area (Å²) >= 11 is 0. The third-order valence-electron chi connectivity index (χ3n) is 1.22. The van der Waals surface area contributed by atoms with Gasteiger partial charge in [0.15, 0.2) is 0 Å². The van der Waals surface area contributed by atoms with Crippen molar-refractivity contribution in [3.05, 3.63) is 0 Å². The fraction of sp³-hybridized carbons (Fsp3) is 0.875. The first-order valence-corrected chi connectivity index (χ1v) is 3.97. The Morgan fingerprint density at radius 1 is 1.45 bits per heavy atom. The van der Waals surface area contributed by atoms with E-state index in [-0.39, 0.29) is 12.1 Å². The van der Waals surface area contributed by atoms with Gasteiger partial charge in [-0.25, -0.2) is 0 Å². The molecule has 0 aromatic heterocycles. The van der Waals surface area contributed by atoms with E-state index in [1.165, 1.54) is 0 Å². The van der Waals surface area contributed by atoms with Crippen LogP contribution in [-0.4, -0.2) is 25.3 Å².